The molecule has 0 aliphatic heterocycles. The molecule has 0 aromatic heterocycles. The Balaban J connectivity index is 4.05. The van der Waals surface area contributed by atoms with E-state index in [1.807, 2.05) is 9.94 Å². The van der Waals surface area contributed by atoms with E-state index in [0.717, 1.165) is 0 Å². The Bertz CT molecular complexity index is 196. The minimum atomic E-state index is -0.998. The van der Waals surface area contributed by atoms with E-state index in [0.29, 0.717) is 0 Å². The van der Waals surface area contributed by atoms with Crippen LogP contribution in [0.5, 0.6) is 0 Å². The van der Waals surface area contributed by atoms with Crippen LogP contribution in [0.25, 0.3) is 0 Å². The van der Waals surface area contributed by atoms with Crippen LogP contribution in [0, 0.1) is 0 Å². The van der Waals surface area contributed by atoms with Crippen molar-refractivity contribution in [3.8, 4) is 0 Å². The van der Waals surface area contributed by atoms with Crippen molar-refractivity contribution in [3.05, 3.63) is 0 Å². The van der Waals surface area contributed by atoms with Crippen LogP contribution in [0.15, 0.2) is 0 Å². The molecular weight excluding hydrogens is 403 g/mol. The summed E-state index contributed by atoms with van der Waals surface area (Å²) >= 11 is -0.856. The molecule has 0 bridgehead atoms. The number of rotatable bonds is 4. The van der Waals surface area contributed by atoms with E-state index in [2.05, 4.69) is 5.32 Å². The number of carboxylic acid groups (broad SMARTS) is 1. The van der Waals surface area contributed by atoms with Crippen molar-refractivity contribution in [1.29, 1.82) is 0 Å². The number of hydrogen-bond donors (Lipinski definition) is 2. The number of carbonyl (C=O) groups excluding carboxylic acids is 1. The summed E-state index contributed by atoms with van der Waals surface area (Å²) in [4.78, 5) is 25.8. The molecule has 0 heterocycles. The summed E-state index contributed by atoms with van der Waals surface area (Å²) in [6.07, 6.45) is 0. The third-order valence-corrected chi connectivity index (χ3v) is 9.76. The molecule has 7 heteroatoms. The van der Waals surface area contributed by atoms with Crippen LogP contribution >= 0.6 is 0 Å². The molecule has 2 amide bonds. The van der Waals surface area contributed by atoms with Crippen molar-refractivity contribution in [1.82, 2.24) is 6.72 Å². The van der Waals surface area contributed by atoms with Gasteiger partial charge in [-0.1, -0.05) is 0 Å². The van der Waals surface area contributed by atoms with Crippen LogP contribution in [0.3, 0.4) is 0 Å². The molecule has 13 heavy (non-hydrogen) atoms. The van der Waals surface area contributed by atoms with Crippen LogP contribution in [-0.4, -0.2) is 66.9 Å². The number of amides is 2. The SMILES string of the molecule is C[Te]N([Te]C)C(=O)NC(C)C(=O)O. The van der Waals surface area contributed by atoms with Gasteiger partial charge in [-0.3, -0.25) is 0 Å². The minimum absolute atomic E-state index is 0.218. The van der Waals surface area contributed by atoms with Gasteiger partial charge >= 0.3 is 98.7 Å². The van der Waals surface area contributed by atoms with Crippen molar-refractivity contribution in [2.24, 2.45) is 0 Å². The van der Waals surface area contributed by atoms with Gasteiger partial charge in [0.1, 0.15) is 0 Å². The van der Waals surface area contributed by atoms with Gasteiger partial charge in [0.2, 0.25) is 0 Å². The molecule has 0 aromatic rings. The molecule has 0 rings (SSSR count). The molecule has 0 spiro atoms. The van der Waals surface area contributed by atoms with E-state index >= 15 is 0 Å². The molecule has 0 saturated heterocycles. The zero-order valence-electron chi connectivity index (χ0n) is 7.60. The van der Waals surface area contributed by atoms with Gasteiger partial charge < -0.3 is 0 Å². The van der Waals surface area contributed by atoms with E-state index < -0.39 is 54.4 Å². The maximum atomic E-state index is 11.3. The van der Waals surface area contributed by atoms with E-state index in [4.69, 9.17) is 5.11 Å². The van der Waals surface area contributed by atoms with Crippen LogP contribution in [0.2, 0.25) is 9.94 Å². The first-order chi connectivity index (χ1) is 6.02. The van der Waals surface area contributed by atoms with Gasteiger partial charge in [0.05, 0.1) is 0 Å². The molecule has 5 nitrogen and oxygen atoms in total. The number of nitrogens with zero attached hydrogens (tertiary/aromatic N) is 1. The monoisotopic (exact) mass is 420 g/mol. The molecule has 0 aliphatic carbocycles. The molecule has 0 aliphatic rings. The first-order valence-electron chi connectivity index (χ1n) is 3.44. The molecule has 1 atom stereocenters. The fourth-order valence-electron chi connectivity index (χ4n) is 0.540. The molecule has 1 unspecified atom stereocenters. The second kappa shape index (κ2) is 6.73. The fraction of sp³-hybridized carbons (Fsp3) is 0.667. The van der Waals surface area contributed by atoms with Gasteiger partial charge in [-0.15, -0.1) is 0 Å². The Morgan fingerprint density at radius 2 is 1.85 bits per heavy atom. The Kier molecular flexibility index (Phi) is 6.89. The van der Waals surface area contributed by atoms with Crippen molar-refractivity contribution in [2.75, 3.05) is 0 Å². The number of carbonyl (C=O) groups is 2. The summed E-state index contributed by atoms with van der Waals surface area (Å²) in [5.41, 5.74) is 0. The summed E-state index contributed by atoms with van der Waals surface area (Å²) in [7, 11) is 0. The molecule has 0 fully saturated rings. The first kappa shape index (κ1) is 13.3. The van der Waals surface area contributed by atoms with Crippen molar-refractivity contribution in [2.45, 2.75) is 22.9 Å². The molecule has 0 aromatic carbocycles. The van der Waals surface area contributed by atoms with Gasteiger partial charge in [-0.25, -0.2) is 0 Å². The number of aliphatic carboxylic acids is 1. The number of carboxylic acids is 1. The van der Waals surface area contributed by atoms with Gasteiger partial charge in [-0.2, -0.15) is 0 Å². The quantitative estimate of drug-likeness (QED) is 0.626. The van der Waals surface area contributed by atoms with E-state index in [1.54, 1.807) is 1.40 Å². The van der Waals surface area contributed by atoms with Crippen molar-refractivity contribution in [3.63, 3.8) is 0 Å². The Morgan fingerprint density at radius 1 is 1.38 bits per heavy atom. The standard InChI is InChI=1S/C6H12N2O3Te2/c1-4(5(9)10)7-6(11)8(12-2)13-3/h4H,1-3H3,(H,7,11)(H,9,10). The van der Waals surface area contributed by atoms with Crippen molar-refractivity contribution >= 4 is 54.4 Å². The zero-order chi connectivity index (χ0) is 10.4. The van der Waals surface area contributed by atoms with Gasteiger partial charge in [-0.05, 0) is 0 Å². The fourth-order valence-corrected chi connectivity index (χ4v) is 5.07. The molecule has 0 radical (unpaired) electrons. The van der Waals surface area contributed by atoms with Gasteiger partial charge in [0.25, 0.3) is 0 Å². The Labute approximate surface area is 98.1 Å². The summed E-state index contributed by atoms with van der Waals surface area (Å²) in [5, 5.41) is 11.0. The topological polar surface area (TPSA) is 69.6 Å². The molecule has 0 saturated carbocycles. The summed E-state index contributed by atoms with van der Waals surface area (Å²) < 4.78 is 1.79. The second-order valence-corrected chi connectivity index (χ2v) is 8.54. The summed E-state index contributed by atoms with van der Waals surface area (Å²) in [6, 6.07) is -1.02. The Hall–Kier alpha value is 0.319. The molecule has 2 N–H and O–H groups in total. The van der Waals surface area contributed by atoms with E-state index in [9.17, 15) is 9.59 Å². The molecular formula is C6H12N2O3Te2. The first-order valence-corrected chi connectivity index (χ1v) is 10.2. The number of hydrogen-bond acceptors (Lipinski definition) is 2. The average Bonchev–Trinajstić information content (AvgIpc) is 2.06. The van der Waals surface area contributed by atoms with Crippen LogP contribution in [-0.2, 0) is 4.79 Å². The number of urea groups is 1. The average molecular weight is 415 g/mol. The van der Waals surface area contributed by atoms with Crippen LogP contribution in [0.1, 0.15) is 6.92 Å². The van der Waals surface area contributed by atoms with Crippen LogP contribution in [0.4, 0.5) is 4.79 Å². The van der Waals surface area contributed by atoms with Gasteiger partial charge in [0.15, 0.2) is 0 Å². The number of nitrogens with one attached hydrogen (secondary N) is 1. The van der Waals surface area contributed by atoms with Crippen molar-refractivity contribution < 1.29 is 14.7 Å². The van der Waals surface area contributed by atoms with Crippen LogP contribution < -0.4 is 5.32 Å². The molecule has 76 valence electrons. The predicted molar refractivity (Wildman–Crippen MR) is 50.7 cm³/mol. The zero-order valence-corrected chi connectivity index (χ0v) is 12.3. The third kappa shape index (κ3) is 4.93. The Morgan fingerprint density at radius 3 is 2.15 bits per heavy atom. The maximum absolute atomic E-state index is 11.3. The normalized spacial score (nSPS) is 11.9. The predicted octanol–water partition coefficient (Wildman–Crippen LogP) is -0.194. The van der Waals surface area contributed by atoms with Gasteiger partial charge in [0, 0.05) is 0 Å². The van der Waals surface area contributed by atoms with E-state index in [1.165, 1.54) is 6.92 Å². The third-order valence-electron chi connectivity index (χ3n) is 1.21. The second-order valence-electron chi connectivity index (χ2n) is 2.13. The summed E-state index contributed by atoms with van der Waals surface area (Å²) in [6.45, 7) is 1.46. The van der Waals surface area contributed by atoms with E-state index in [-0.39, 0.29) is 6.03 Å². The summed E-state index contributed by atoms with van der Waals surface area (Å²) in [5.74, 6) is -0.998.